The van der Waals surface area contributed by atoms with E-state index in [0.29, 0.717) is 11.5 Å². The molecule has 0 bridgehead atoms. The highest BCUT2D eigenvalue weighted by molar-refractivity contribution is 7.93. The van der Waals surface area contributed by atoms with E-state index in [2.05, 4.69) is 4.36 Å². The van der Waals surface area contributed by atoms with Crippen molar-refractivity contribution >= 4 is 25.6 Å². The van der Waals surface area contributed by atoms with Gasteiger partial charge in [0.05, 0.1) is 15.4 Å². The number of hydrogen-bond acceptors (Lipinski definition) is 4. The van der Waals surface area contributed by atoms with Gasteiger partial charge in [-0.15, -0.1) is 3.89 Å². The number of halogens is 2. The van der Waals surface area contributed by atoms with Gasteiger partial charge in [0.25, 0.3) is 0 Å². The van der Waals surface area contributed by atoms with Crippen LogP contribution in [0, 0.1) is 5.82 Å². The van der Waals surface area contributed by atoms with E-state index in [4.69, 9.17) is 0 Å². The summed E-state index contributed by atoms with van der Waals surface area (Å²) in [7, 11) is -7.44. The van der Waals surface area contributed by atoms with Crippen LogP contribution < -0.4 is 0 Å². The Labute approximate surface area is 104 Å². The van der Waals surface area contributed by atoms with Crippen LogP contribution >= 0.6 is 0 Å². The Morgan fingerprint density at radius 1 is 1.22 bits per heavy atom. The molecule has 1 heterocycles. The molecule has 0 aromatic heterocycles. The number of rotatable bonds is 2. The van der Waals surface area contributed by atoms with E-state index < -0.39 is 30.7 Å². The third-order valence-electron chi connectivity index (χ3n) is 2.63. The van der Waals surface area contributed by atoms with Crippen molar-refractivity contribution in [3.8, 4) is 0 Å². The second kappa shape index (κ2) is 4.58. The van der Waals surface area contributed by atoms with Crippen molar-refractivity contribution in [2.45, 2.75) is 17.7 Å². The fourth-order valence-electron chi connectivity index (χ4n) is 1.78. The average molecular weight is 295 g/mol. The van der Waals surface area contributed by atoms with E-state index >= 15 is 0 Å². The molecule has 0 saturated carbocycles. The predicted octanol–water partition coefficient (Wildman–Crippen LogP) is 2.38. The Morgan fingerprint density at radius 2 is 1.83 bits per heavy atom. The molecule has 100 valence electrons. The van der Waals surface area contributed by atoms with Gasteiger partial charge < -0.3 is 0 Å². The molecular formula is C10H11F2NO3S2. The summed E-state index contributed by atoms with van der Waals surface area (Å²) in [5, 5.41) is 0. The Bertz CT molecular complexity index is 679. The van der Waals surface area contributed by atoms with E-state index in [1.807, 2.05) is 0 Å². The van der Waals surface area contributed by atoms with Crippen LogP contribution in [0.25, 0.3) is 0 Å². The summed E-state index contributed by atoms with van der Waals surface area (Å²) in [6.45, 7) is 0. The van der Waals surface area contributed by atoms with E-state index in [0.717, 1.165) is 31.0 Å². The minimum Gasteiger partial charge on any atom is -0.249 e. The van der Waals surface area contributed by atoms with Gasteiger partial charge in [0.2, 0.25) is 0 Å². The monoisotopic (exact) mass is 295 g/mol. The number of benzene rings is 1. The third-order valence-corrected chi connectivity index (χ3v) is 5.88. The van der Waals surface area contributed by atoms with Gasteiger partial charge >= 0.3 is 10.2 Å². The van der Waals surface area contributed by atoms with Gasteiger partial charge in [0, 0.05) is 17.6 Å². The van der Waals surface area contributed by atoms with Crippen molar-refractivity contribution < 1.29 is 20.9 Å². The molecule has 0 aliphatic carbocycles. The lowest BCUT2D eigenvalue weighted by atomic mass is 10.3. The first-order valence-electron chi connectivity index (χ1n) is 5.27. The molecule has 2 rings (SSSR count). The van der Waals surface area contributed by atoms with Gasteiger partial charge in [-0.1, -0.05) is 0 Å². The maximum Gasteiger partial charge on any atom is 0.335 e. The van der Waals surface area contributed by atoms with Gasteiger partial charge in [-0.25, -0.2) is 8.60 Å². The van der Waals surface area contributed by atoms with Crippen LogP contribution in [0.15, 0.2) is 27.5 Å². The van der Waals surface area contributed by atoms with Crippen LogP contribution in [0.5, 0.6) is 0 Å². The molecule has 0 unspecified atom stereocenters. The highest BCUT2D eigenvalue weighted by Gasteiger charge is 2.20. The summed E-state index contributed by atoms with van der Waals surface area (Å²) in [6.07, 6.45) is 1.61. The second-order valence-corrected chi connectivity index (χ2v) is 7.89. The predicted molar refractivity (Wildman–Crippen MR) is 63.9 cm³/mol. The number of nitrogens with zero attached hydrogens (tertiary/aromatic N) is 1. The van der Waals surface area contributed by atoms with Gasteiger partial charge in [0.15, 0.2) is 0 Å². The molecule has 1 saturated heterocycles. The van der Waals surface area contributed by atoms with Crippen LogP contribution in [-0.4, -0.2) is 24.1 Å². The normalized spacial score (nSPS) is 18.8. The summed E-state index contributed by atoms with van der Waals surface area (Å²) in [5.74, 6) is -0.310. The molecule has 1 aliphatic heterocycles. The van der Waals surface area contributed by atoms with Crippen LogP contribution in [0.3, 0.4) is 0 Å². The van der Waals surface area contributed by atoms with Crippen LogP contribution in [-0.2, 0) is 20.0 Å². The summed E-state index contributed by atoms with van der Waals surface area (Å²) >= 11 is 0. The SMILES string of the molecule is O=S(=O)(F)c1ccc(N=S2(=O)CCCC2)cc1F. The van der Waals surface area contributed by atoms with Crippen molar-refractivity contribution in [1.29, 1.82) is 0 Å². The smallest absolute Gasteiger partial charge is 0.249 e. The quantitative estimate of drug-likeness (QED) is 0.787. The minimum atomic E-state index is -5.08. The molecule has 0 spiro atoms. The van der Waals surface area contributed by atoms with E-state index in [9.17, 15) is 20.9 Å². The van der Waals surface area contributed by atoms with Crippen molar-refractivity contribution in [3.05, 3.63) is 24.0 Å². The molecule has 8 heteroatoms. The third kappa shape index (κ3) is 2.86. The van der Waals surface area contributed by atoms with Gasteiger partial charge in [-0.3, -0.25) is 0 Å². The largest absolute Gasteiger partial charge is 0.335 e. The lowest BCUT2D eigenvalue weighted by Crippen LogP contribution is -2.00. The van der Waals surface area contributed by atoms with Crippen LogP contribution in [0.2, 0.25) is 0 Å². The molecule has 18 heavy (non-hydrogen) atoms. The maximum atomic E-state index is 13.4. The zero-order chi connectivity index (χ0) is 13.4. The first-order valence-corrected chi connectivity index (χ1v) is 8.51. The van der Waals surface area contributed by atoms with E-state index in [1.165, 1.54) is 0 Å². The standard InChI is InChI=1S/C10H11F2NO3S2/c11-9-7-8(3-4-10(9)18(12,15)16)13-17(14)5-1-2-6-17/h3-4,7H,1-2,5-6H2. The first kappa shape index (κ1) is 13.4. The topological polar surface area (TPSA) is 63.6 Å². The molecule has 1 aromatic rings. The number of hydrogen-bond donors (Lipinski definition) is 0. The molecule has 1 aliphatic rings. The van der Waals surface area contributed by atoms with E-state index in [1.54, 1.807) is 0 Å². The molecular weight excluding hydrogens is 284 g/mol. The summed E-state index contributed by atoms with van der Waals surface area (Å²) in [6, 6.07) is 2.74. The molecule has 0 atom stereocenters. The molecule has 1 fully saturated rings. The zero-order valence-electron chi connectivity index (χ0n) is 9.30. The van der Waals surface area contributed by atoms with Crippen molar-refractivity contribution in [2.24, 2.45) is 4.36 Å². The highest BCUT2D eigenvalue weighted by Crippen LogP contribution is 2.25. The van der Waals surface area contributed by atoms with Crippen molar-refractivity contribution in [2.75, 3.05) is 11.5 Å². The Balaban J connectivity index is 2.45. The fraction of sp³-hybridized carbons (Fsp3) is 0.400. The van der Waals surface area contributed by atoms with Crippen LogP contribution in [0.4, 0.5) is 14.0 Å². The van der Waals surface area contributed by atoms with Gasteiger partial charge in [-0.2, -0.15) is 12.8 Å². The van der Waals surface area contributed by atoms with Gasteiger partial charge in [0.1, 0.15) is 10.7 Å². The lowest BCUT2D eigenvalue weighted by Gasteiger charge is -2.02. The van der Waals surface area contributed by atoms with Crippen molar-refractivity contribution in [3.63, 3.8) is 0 Å². The fourth-order valence-corrected chi connectivity index (χ4v) is 4.50. The first-order chi connectivity index (χ1) is 8.30. The summed E-state index contributed by atoms with van der Waals surface area (Å²) < 4.78 is 63.2. The lowest BCUT2D eigenvalue weighted by molar-refractivity contribution is 0.534. The van der Waals surface area contributed by atoms with Gasteiger partial charge in [-0.05, 0) is 25.0 Å². The average Bonchev–Trinajstić information content (AvgIpc) is 2.62. The Hall–Kier alpha value is -1.02. The highest BCUT2D eigenvalue weighted by atomic mass is 32.3. The zero-order valence-corrected chi connectivity index (χ0v) is 10.9. The molecule has 0 radical (unpaired) electrons. The summed E-state index contributed by atoms with van der Waals surface area (Å²) in [4.78, 5) is -1.03. The molecule has 4 nitrogen and oxygen atoms in total. The van der Waals surface area contributed by atoms with Crippen LogP contribution in [0.1, 0.15) is 12.8 Å². The Morgan fingerprint density at radius 3 is 2.33 bits per heavy atom. The van der Waals surface area contributed by atoms with Crippen molar-refractivity contribution in [1.82, 2.24) is 0 Å². The Kier molecular flexibility index (Phi) is 3.41. The molecule has 0 amide bonds. The minimum absolute atomic E-state index is 0.0757. The maximum absolute atomic E-state index is 13.4. The molecule has 0 N–H and O–H groups in total. The molecule has 1 aromatic carbocycles. The second-order valence-electron chi connectivity index (χ2n) is 4.03. The van der Waals surface area contributed by atoms with E-state index in [-0.39, 0.29) is 5.69 Å². The summed E-state index contributed by atoms with van der Waals surface area (Å²) in [5.41, 5.74) is 0.0757.